The monoisotopic (exact) mass is 462 g/mol. The van der Waals surface area contributed by atoms with E-state index in [0.29, 0.717) is 12.8 Å². The van der Waals surface area contributed by atoms with E-state index in [4.69, 9.17) is 9.84 Å². The van der Waals surface area contributed by atoms with Crippen LogP contribution in [0, 0.1) is 0 Å². The highest BCUT2D eigenvalue weighted by Crippen LogP contribution is 2.29. The lowest BCUT2D eigenvalue weighted by molar-refractivity contribution is -0.141. The molecule has 2 rings (SSSR count). The summed E-state index contributed by atoms with van der Waals surface area (Å²) in [5, 5.41) is 11.0. The summed E-state index contributed by atoms with van der Waals surface area (Å²) in [4.78, 5) is 48.6. The molecule has 0 aliphatic carbocycles. The SMILES string of the molecule is O=C(O)CC(NC(=O)C1CCCCN1C(=O)OCc1cccc(C(F)(F)F)c1)C(=O)CF. The van der Waals surface area contributed by atoms with Crippen LogP contribution in [0.4, 0.5) is 22.4 Å². The van der Waals surface area contributed by atoms with Gasteiger partial charge in [-0.05, 0) is 37.0 Å². The Kier molecular flexibility index (Phi) is 8.56. The largest absolute Gasteiger partial charge is 0.481 e. The Morgan fingerprint density at radius 2 is 1.94 bits per heavy atom. The Bertz CT molecular complexity index is 861. The molecule has 2 atom stereocenters. The molecule has 8 nitrogen and oxygen atoms in total. The maximum Gasteiger partial charge on any atom is 0.416 e. The fraction of sp³-hybridized carbons (Fsp3) is 0.500. The van der Waals surface area contributed by atoms with Crippen LogP contribution in [0.1, 0.15) is 36.8 Å². The number of rotatable bonds is 8. The highest BCUT2D eigenvalue weighted by molar-refractivity contribution is 5.94. The van der Waals surface area contributed by atoms with Crippen molar-refractivity contribution in [2.24, 2.45) is 0 Å². The molecule has 1 aliphatic rings. The number of ether oxygens (including phenoxy) is 1. The second-order valence-corrected chi connectivity index (χ2v) is 7.22. The summed E-state index contributed by atoms with van der Waals surface area (Å²) in [6, 6.07) is 1.56. The number of piperidine rings is 1. The molecule has 0 bridgehead atoms. The predicted octanol–water partition coefficient (Wildman–Crippen LogP) is 2.69. The van der Waals surface area contributed by atoms with Crippen molar-refractivity contribution in [3.63, 3.8) is 0 Å². The molecular formula is C20H22F4N2O6. The van der Waals surface area contributed by atoms with E-state index >= 15 is 0 Å². The van der Waals surface area contributed by atoms with Crippen molar-refractivity contribution in [1.29, 1.82) is 0 Å². The van der Waals surface area contributed by atoms with Crippen LogP contribution in [0.15, 0.2) is 24.3 Å². The van der Waals surface area contributed by atoms with Crippen LogP contribution in [0.5, 0.6) is 0 Å². The van der Waals surface area contributed by atoms with Gasteiger partial charge in [-0.25, -0.2) is 9.18 Å². The third-order valence-electron chi connectivity index (χ3n) is 4.87. The number of hydrogen-bond acceptors (Lipinski definition) is 5. The first kappa shape index (κ1) is 25.1. The minimum atomic E-state index is -4.56. The van der Waals surface area contributed by atoms with Gasteiger partial charge in [-0.2, -0.15) is 13.2 Å². The Morgan fingerprint density at radius 3 is 2.56 bits per heavy atom. The van der Waals surface area contributed by atoms with Crippen LogP contribution in [0.3, 0.4) is 0 Å². The van der Waals surface area contributed by atoms with E-state index in [9.17, 15) is 36.7 Å². The Hall–Kier alpha value is -3.18. The van der Waals surface area contributed by atoms with Gasteiger partial charge < -0.3 is 15.2 Å². The molecule has 1 aromatic rings. The maximum absolute atomic E-state index is 12.8. The molecule has 2 N–H and O–H groups in total. The van der Waals surface area contributed by atoms with Crippen molar-refractivity contribution in [2.75, 3.05) is 13.2 Å². The molecule has 32 heavy (non-hydrogen) atoms. The number of halogens is 4. The van der Waals surface area contributed by atoms with E-state index in [2.05, 4.69) is 5.32 Å². The standard InChI is InChI=1S/C20H22F4N2O6/c21-10-16(27)14(9-17(28)29)25-18(30)15-6-1-2-7-26(15)19(31)32-11-12-4-3-5-13(8-12)20(22,23)24/h3-5,8,14-15H,1-2,6-7,9-11H2,(H,25,30)(H,28,29). The molecule has 1 aliphatic heterocycles. The summed E-state index contributed by atoms with van der Waals surface area (Å²) < 4.78 is 56.2. The zero-order chi connectivity index (χ0) is 23.9. The zero-order valence-corrected chi connectivity index (χ0v) is 16.9. The molecular weight excluding hydrogens is 440 g/mol. The summed E-state index contributed by atoms with van der Waals surface area (Å²) in [5.74, 6) is -3.37. The van der Waals surface area contributed by atoms with Crippen molar-refractivity contribution in [3.8, 4) is 0 Å². The molecule has 2 unspecified atom stereocenters. The van der Waals surface area contributed by atoms with Gasteiger partial charge in [0, 0.05) is 6.54 Å². The van der Waals surface area contributed by atoms with Crippen LogP contribution >= 0.6 is 0 Å². The maximum atomic E-state index is 12.8. The normalized spacial score (nSPS) is 17.4. The minimum absolute atomic E-state index is 0.0984. The van der Waals surface area contributed by atoms with Gasteiger partial charge in [0.15, 0.2) is 5.78 Å². The number of aliphatic carboxylic acids is 1. The second-order valence-electron chi connectivity index (χ2n) is 7.22. The number of likely N-dealkylation sites (tertiary alicyclic amines) is 1. The quantitative estimate of drug-likeness (QED) is 0.575. The highest BCUT2D eigenvalue weighted by Gasteiger charge is 2.36. The van der Waals surface area contributed by atoms with Crippen LogP contribution in [-0.2, 0) is 31.9 Å². The minimum Gasteiger partial charge on any atom is -0.481 e. The molecule has 1 heterocycles. The van der Waals surface area contributed by atoms with Gasteiger partial charge in [0.2, 0.25) is 5.91 Å². The van der Waals surface area contributed by atoms with E-state index in [-0.39, 0.29) is 18.5 Å². The number of carboxylic acids is 1. The molecule has 2 amide bonds. The van der Waals surface area contributed by atoms with E-state index < -0.39 is 67.3 Å². The molecule has 0 aromatic heterocycles. The fourth-order valence-electron chi connectivity index (χ4n) is 3.27. The number of ketones is 1. The molecule has 0 saturated carbocycles. The fourth-order valence-corrected chi connectivity index (χ4v) is 3.27. The summed E-state index contributed by atoms with van der Waals surface area (Å²) in [6.07, 6.45) is -5.05. The zero-order valence-electron chi connectivity index (χ0n) is 16.9. The van der Waals surface area contributed by atoms with Gasteiger partial charge in [0.05, 0.1) is 12.0 Å². The van der Waals surface area contributed by atoms with Gasteiger partial charge in [-0.15, -0.1) is 0 Å². The molecule has 12 heteroatoms. The third-order valence-corrected chi connectivity index (χ3v) is 4.87. The van der Waals surface area contributed by atoms with Crippen molar-refractivity contribution < 1.29 is 46.6 Å². The first-order chi connectivity index (χ1) is 15.0. The molecule has 0 radical (unpaired) electrons. The van der Waals surface area contributed by atoms with Gasteiger partial charge in [0.1, 0.15) is 25.4 Å². The molecule has 1 fully saturated rings. The average molecular weight is 462 g/mol. The predicted molar refractivity (Wildman–Crippen MR) is 101 cm³/mol. The van der Waals surface area contributed by atoms with Gasteiger partial charge in [-0.1, -0.05) is 12.1 Å². The molecule has 0 spiro atoms. The number of carboxylic acid groups (broad SMARTS) is 1. The number of carbonyl (C=O) groups excluding carboxylic acids is 3. The lowest BCUT2D eigenvalue weighted by Crippen LogP contribution is -2.55. The number of benzene rings is 1. The lowest BCUT2D eigenvalue weighted by atomic mass is 10.0. The number of nitrogens with one attached hydrogen (secondary N) is 1. The van der Waals surface area contributed by atoms with Crippen molar-refractivity contribution in [3.05, 3.63) is 35.4 Å². The number of hydrogen-bond donors (Lipinski definition) is 2. The van der Waals surface area contributed by atoms with Crippen LogP contribution < -0.4 is 5.32 Å². The van der Waals surface area contributed by atoms with Crippen molar-refractivity contribution in [1.82, 2.24) is 10.2 Å². The molecule has 1 saturated heterocycles. The topological polar surface area (TPSA) is 113 Å². The number of carbonyl (C=O) groups is 4. The number of nitrogens with zero attached hydrogens (tertiary/aromatic N) is 1. The highest BCUT2D eigenvalue weighted by atomic mass is 19.4. The molecule has 176 valence electrons. The summed E-state index contributed by atoms with van der Waals surface area (Å²) >= 11 is 0. The van der Waals surface area contributed by atoms with Gasteiger partial charge >= 0.3 is 18.2 Å². The van der Waals surface area contributed by atoms with Crippen LogP contribution in [0.2, 0.25) is 0 Å². The average Bonchev–Trinajstić information content (AvgIpc) is 2.75. The summed E-state index contributed by atoms with van der Waals surface area (Å²) in [7, 11) is 0. The van der Waals surface area contributed by atoms with Crippen LogP contribution in [0.25, 0.3) is 0 Å². The summed E-state index contributed by atoms with van der Waals surface area (Å²) in [6.45, 7) is -1.82. The van der Waals surface area contributed by atoms with E-state index in [1.807, 2.05) is 0 Å². The number of amides is 2. The van der Waals surface area contributed by atoms with E-state index in [0.717, 1.165) is 17.0 Å². The first-order valence-corrected chi connectivity index (χ1v) is 9.73. The van der Waals surface area contributed by atoms with Gasteiger partial charge in [-0.3, -0.25) is 19.3 Å². The van der Waals surface area contributed by atoms with Crippen molar-refractivity contribution >= 4 is 23.8 Å². The second kappa shape index (κ2) is 10.9. The summed E-state index contributed by atoms with van der Waals surface area (Å²) in [5.41, 5.74) is -0.801. The lowest BCUT2D eigenvalue weighted by Gasteiger charge is -2.34. The van der Waals surface area contributed by atoms with Crippen molar-refractivity contribution in [2.45, 2.75) is 50.6 Å². The Balaban J connectivity index is 2.05. The van der Waals surface area contributed by atoms with Crippen LogP contribution in [-0.4, -0.2) is 59.1 Å². The number of Topliss-reactive ketones (excluding diaryl/α,β-unsaturated/α-hetero) is 1. The molecule has 1 aromatic carbocycles. The Morgan fingerprint density at radius 1 is 1.22 bits per heavy atom. The Labute approximate surface area is 180 Å². The smallest absolute Gasteiger partial charge is 0.416 e. The van der Waals surface area contributed by atoms with Gasteiger partial charge in [0.25, 0.3) is 0 Å². The first-order valence-electron chi connectivity index (χ1n) is 9.73. The van der Waals surface area contributed by atoms with E-state index in [1.54, 1.807) is 0 Å². The third kappa shape index (κ3) is 6.92. The number of alkyl halides is 4. The van der Waals surface area contributed by atoms with E-state index in [1.165, 1.54) is 12.1 Å².